The SMILES string of the molecule is Cc1ccc(S(=O)(=O)NC(CC(C)C)C(=O)Nc2cc(C)ccc2F)cc1. The predicted octanol–water partition coefficient (Wildman–Crippen LogP) is 3.77. The molecular weight excluding hydrogens is 367 g/mol. The smallest absolute Gasteiger partial charge is 0.242 e. The Bertz CT molecular complexity index is 909. The van der Waals surface area contributed by atoms with E-state index in [2.05, 4.69) is 10.0 Å². The van der Waals surface area contributed by atoms with Gasteiger partial charge in [-0.25, -0.2) is 12.8 Å². The summed E-state index contributed by atoms with van der Waals surface area (Å²) in [4.78, 5) is 12.8. The molecule has 0 aliphatic heterocycles. The number of sulfonamides is 1. The highest BCUT2D eigenvalue weighted by Crippen LogP contribution is 2.18. The second-order valence-electron chi connectivity index (χ2n) is 7.09. The van der Waals surface area contributed by atoms with Crippen LogP contribution < -0.4 is 10.0 Å². The lowest BCUT2D eigenvalue weighted by Crippen LogP contribution is -2.44. The molecule has 27 heavy (non-hydrogen) atoms. The molecule has 2 rings (SSSR count). The quantitative estimate of drug-likeness (QED) is 0.753. The first-order valence-corrected chi connectivity index (χ1v) is 10.2. The first kappa shape index (κ1) is 21.1. The summed E-state index contributed by atoms with van der Waals surface area (Å²) in [5.74, 6) is -1.11. The topological polar surface area (TPSA) is 75.3 Å². The number of aryl methyl sites for hydroxylation is 2. The number of hydrogen-bond acceptors (Lipinski definition) is 3. The number of rotatable bonds is 7. The van der Waals surface area contributed by atoms with Gasteiger partial charge in [-0.05, 0) is 56.0 Å². The summed E-state index contributed by atoms with van der Waals surface area (Å²) in [6.07, 6.45) is 0.282. The zero-order valence-electron chi connectivity index (χ0n) is 15.9. The van der Waals surface area contributed by atoms with Crippen LogP contribution in [0.25, 0.3) is 0 Å². The molecule has 0 aromatic heterocycles. The zero-order chi connectivity index (χ0) is 20.2. The van der Waals surface area contributed by atoms with E-state index in [0.29, 0.717) is 0 Å². The fourth-order valence-electron chi connectivity index (χ4n) is 2.61. The second kappa shape index (κ2) is 8.63. The van der Waals surface area contributed by atoms with Crippen LogP contribution in [0.3, 0.4) is 0 Å². The van der Waals surface area contributed by atoms with Gasteiger partial charge in [-0.2, -0.15) is 4.72 Å². The number of anilines is 1. The van der Waals surface area contributed by atoms with Crippen molar-refractivity contribution in [3.8, 4) is 0 Å². The molecule has 0 aliphatic rings. The molecule has 0 bridgehead atoms. The molecule has 0 spiro atoms. The van der Waals surface area contributed by atoms with Crippen molar-refractivity contribution < 1.29 is 17.6 Å². The van der Waals surface area contributed by atoms with Crippen LogP contribution in [0, 0.1) is 25.6 Å². The molecule has 2 aromatic carbocycles. The third-order valence-electron chi connectivity index (χ3n) is 4.03. The predicted molar refractivity (Wildman–Crippen MR) is 105 cm³/mol. The minimum absolute atomic E-state index is 0.0308. The second-order valence-corrected chi connectivity index (χ2v) is 8.80. The molecule has 0 aliphatic carbocycles. The maximum Gasteiger partial charge on any atom is 0.242 e. The fraction of sp³-hybridized carbons (Fsp3) is 0.350. The Labute approximate surface area is 160 Å². The molecular formula is C20H25FN2O3S. The minimum Gasteiger partial charge on any atom is -0.322 e. The molecule has 0 saturated carbocycles. The van der Waals surface area contributed by atoms with Gasteiger partial charge in [0.1, 0.15) is 11.9 Å². The summed E-state index contributed by atoms with van der Waals surface area (Å²) in [5, 5.41) is 2.50. The lowest BCUT2D eigenvalue weighted by molar-refractivity contribution is -0.118. The van der Waals surface area contributed by atoms with Crippen molar-refractivity contribution in [3.05, 3.63) is 59.4 Å². The van der Waals surface area contributed by atoms with E-state index in [9.17, 15) is 17.6 Å². The Balaban J connectivity index is 2.24. The Morgan fingerprint density at radius 3 is 2.22 bits per heavy atom. The van der Waals surface area contributed by atoms with Crippen LogP contribution >= 0.6 is 0 Å². The lowest BCUT2D eigenvalue weighted by atomic mass is 10.0. The molecule has 7 heteroatoms. The van der Waals surface area contributed by atoms with Crippen LogP contribution in [0.5, 0.6) is 0 Å². The monoisotopic (exact) mass is 392 g/mol. The van der Waals surface area contributed by atoms with Gasteiger partial charge in [0, 0.05) is 0 Å². The van der Waals surface area contributed by atoms with E-state index < -0.39 is 27.8 Å². The first-order chi connectivity index (χ1) is 12.6. The zero-order valence-corrected chi connectivity index (χ0v) is 16.7. The van der Waals surface area contributed by atoms with Crippen molar-refractivity contribution in [2.45, 2.75) is 45.1 Å². The first-order valence-electron chi connectivity index (χ1n) is 8.74. The standard InChI is InChI=1S/C20H25FN2O3S/c1-13(2)11-19(20(24)22-18-12-15(4)7-10-17(18)21)23-27(25,26)16-8-5-14(3)6-9-16/h5-10,12-13,19,23H,11H2,1-4H3,(H,22,24). The summed E-state index contributed by atoms with van der Waals surface area (Å²) < 4.78 is 41.7. The summed E-state index contributed by atoms with van der Waals surface area (Å²) in [6, 6.07) is 9.70. The van der Waals surface area contributed by atoms with Gasteiger partial charge in [0.15, 0.2) is 0 Å². The van der Waals surface area contributed by atoms with E-state index in [1.807, 2.05) is 20.8 Å². The van der Waals surface area contributed by atoms with E-state index in [-0.39, 0.29) is 22.9 Å². The van der Waals surface area contributed by atoms with E-state index in [4.69, 9.17) is 0 Å². The molecule has 0 fully saturated rings. The van der Waals surface area contributed by atoms with Crippen molar-refractivity contribution in [2.24, 2.45) is 5.92 Å². The third kappa shape index (κ3) is 5.87. The lowest BCUT2D eigenvalue weighted by Gasteiger charge is -2.20. The van der Waals surface area contributed by atoms with Gasteiger partial charge in [-0.15, -0.1) is 0 Å². The Morgan fingerprint density at radius 1 is 1.04 bits per heavy atom. The number of carbonyl (C=O) groups is 1. The van der Waals surface area contributed by atoms with Crippen LogP contribution in [0.1, 0.15) is 31.4 Å². The van der Waals surface area contributed by atoms with Crippen LogP contribution in [0.15, 0.2) is 47.4 Å². The number of halogens is 1. The van der Waals surface area contributed by atoms with Crippen molar-refractivity contribution >= 4 is 21.6 Å². The highest BCUT2D eigenvalue weighted by Gasteiger charge is 2.27. The van der Waals surface area contributed by atoms with Crippen molar-refractivity contribution in [1.29, 1.82) is 0 Å². The summed E-state index contributed by atoms with van der Waals surface area (Å²) in [6.45, 7) is 7.40. The Kier molecular flexibility index (Phi) is 6.73. The van der Waals surface area contributed by atoms with E-state index in [1.54, 1.807) is 25.1 Å². The summed E-state index contributed by atoms with van der Waals surface area (Å²) in [5.41, 5.74) is 1.75. The molecule has 5 nitrogen and oxygen atoms in total. The molecule has 2 N–H and O–H groups in total. The van der Waals surface area contributed by atoms with Gasteiger partial charge >= 0.3 is 0 Å². The fourth-order valence-corrected chi connectivity index (χ4v) is 3.82. The molecule has 0 heterocycles. The number of hydrogen-bond donors (Lipinski definition) is 2. The van der Waals surface area contributed by atoms with Gasteiger partial charge < -0.3 is 5.32 Å². The molecule has 0 saturated heterocycles. The molecule has 2 aromatic rings. The molecule has 1 atom stereocenters. The maximum atomic E-state index is 13.9. The molecule has 1 unspecified atom stereocenters. The van der Waals surface area contributed by atoms with E-state index >= 15 is 0 Å². The number of carbonyl (C=O) groups excluding carboxylic acids is 1. The van der Waals surface area contributed by atoms with Gasteiger partial charge in [0.2, 0.25) is 15.9 Å². The molecule has 0 radical (unpaired) electrons. The van der Waals surface area contributed by atoms with Crippen LogP contribution in [-0.2, 0) is 14.8 Å². The maximum absolute atomic E-state index is 13.9. The van der Waals surface area contributed by atoms with Crippen LogP contribution in [-0.4, -0.2) is 20.4 Å². The van der Waals surface area contributed by atoms with Crippen molar-refractivity contribution in [2.75, 3.05) is 5.32 Å². The number of amides is 1. The van der Waals surface area contributed by atoms with E-state index in [0.717, 1.165) is 11.1 Å². The largest absolute Gasteiger partial charge is 0.322 e. The highest BCUT2D eigenvalue weighted by molar-refractivity contribution is 7.89. The average molecular weight is 392 g/mol. The van der Waals surface area contributed by atoms with Gasteiger partial charge in [-0.3, -0.25) is 4.79 Å². The van der Waals surface area contributed by atoms with E-state index in [1.165, 1.54) is 24.3 Å². The Hall–Kier alpha value is -2.25. The third-order valence-corrected chi connectivity index (χ3v) is 5.52. The van der Waals surface area contributed by atoms with Crippen LogP contribution in [0.2, 0.25) is 0 Å². The van der Waals surface area contributed by atoms with Gasteiger partial charge in [-0.1, -0.05) is 37.6 Å². The van der Waals surface area contributed by atoms with Crippen molar-refractivity contribution in [3.63, 3.8) is 0 Å². The minimum atomic E-state index is -3.88. The Morgan fingerprint density at radius 2 is 1.63 bits per heavy atom. The van der Waals surface area contributed by atoms with Crippen molar-refractivity contribution in [1.82, 2.24) is 4.72 Å². The van der Waals surface area contributed by atoms with Gasteiger partial charge in [0.05, 0.1) is 10.6 Å². The average Bonchev–Trinajstić information content (AvgIpc) is 2.57. The molecule has 1 amide bonds. The number of nitrogens with one attached hydrogen (secondary N) is 2. The molecule has 146 valence electrons. The summed E-state index contributed by atoms with van der Waals surface area (Å²) in [7, 11) is -3.88. The summed E-state index contributed by atoms with van der Waals surface area (Å²) >= 11 is 0. The highest BCUT2D eigenvalue weighted by atomic mass is 32.2. The van der Waals surface area contributed by atoms with Crippen LogP contribution in [0.4, 0.5) is 10.1 Å². The van der Waals surface area contributed by atoms with Gasteiger partial charge in [0.25, 0.3) is 0 Å². The normalized spacial score (nSPS) is 12.8. The number of benzene rings is 2.